The maximum absolute atomic E-state index is 11.8. The molecule has 1 aliphatic heterocycles. The van der Waals surface area contributed by atoms with Gasteiger partial charge in [-0.15, -0.1) is 0 Å². The normalized spacial score (nSPS) is 23.5. The third-order valence-corrected chi connectivity index (χ3v) is 5.43. The lowest BCUT2D eigenvalue weighted by atomic mass is 9.74. The van der Waals surface area contributed by atoms with Crippen LogP contribution in [-0.2, 0) is 0 Å². The van der Waals surface area contributed by atoms with E-state index < -0.39 is 5.97 Å². The van der Waals surface area contributed by atoms with E-state index in [2.05, 4.69) is 23.5 Å². The second kappa shape index (κ2) is 5.96. The van der Waals surface area contributed by atoms with Crippen LogP contribution in [0.3, 0.4) is 0 Å². The first kappa shape index (κ1) is 15.8. The lowest BCUT2D eigenvalue weighted by Gasteiger charge is -2.39. The number of fused-ring (bicyclic) bond motifs is 3. The van der Waals surface area contributed by atoms with Gasteiger partial charge in [-0.3, -0.25) is 0 Å². The molecule has 2 N–H and O–H groups in total. The van der Waals surface area contributed by atoms with E-state index in [4.69, 9.17) is 4.74 Å². The molecule has 4 rings (SSSR count). The van der Waals surface area contributed by atoms with Gasteiger partial charge in [0.15, 0.2) is 0 Å². The third-order valence-electron chi connectivity index (χ3n) is 5.43. The van der Waals surface area contributed by atoms with Gasteiger partial charge < -0.3 is 15.2 Å². The molecule has 0 unspecified atom stereocenters. The molecule has 2 aromatic carbocycles. The minimum atomic E-state index is -0.868. The summed E-state index contributed by atoms with van der Waals surface area (Å²) in [5.41, 5.74) is 4.45. The number of aromatic carboxylic acids is 1. The Hall–Kier alpha value is -2.75. The average Bonchev–Trinajstić information content (AvgIpc) is 3.11. The van der Waals surface area contributed by atoms with Gasteiger partial charge in [0.25, 0.3) is 0 Å². The first-order valence-electron chi connectivity index (χ1n) is 8.54. The Kier molecular flexibility index (Phi) is 3.75. The molecule has 25 heavy (non-hydrogen) atoms. The summed E-state index contributed by atoms with van der Waals surface area (Å²) in [6, 6.07) is 11.8. The number of carboxylic acids is 1. The van der Waals surface area contributed by atoms with Gasteiger partial charge in [-0.05, 0) is 42.5 Å². The second-order valence-corrected chi connectivity index (χ2v) is 6.74. The highest BCUT2D eigenvalue weighted by molar-refractivity contribution is 5.93. The predicted molar refractivity (Wildman–Crippen MR) is 97.5 cm³/mol. The third kappa shape index (κ3) is 2.40. The number of para-hydroxylation sites is 1. The number of aryl methyl sites for hydroxylation is 1. The second-order valence-electron chi connectivity index (χ2n) is 6.74. The fourth-order valence-electron chi connectivity index (χ4n) is 4.27. The van der Waals surface area contributed by atoms with Gasteiger partial charge in [0, 0.05) is 17.2 Å². The quantitative estimate of drug-likeness (QED) is 0.809. The Morgan fingerprint density at radius 1 is 1.24 bits per heavy atom. The van der Waals surface area contributed by atoms with Gasteiger partial charge in [0.2, 0.25) is 0 Å². The number of anilines is 1. The lowest BCUT2D eigenvalue weighted by molar-refractivity contribution is 0.0695. The Labute approximate surface area is 147 Å². The van der Waals surface area contributed by atoms with Crippen LogP contribution < -0.4 is 10.1 Å². The number of hydrogen-bond acceptors (Lipinski definition) is 3. The number of benzene rings is 2. The van der Waals surface area contributed by atoms with Gasteiger partial charge in [0.05, 0.1) is 18.7 Å². The Bertz CT molecular complexity index is 871. The zero-order valence-corrected chi connectivity index (χ0v) is 14.3. The van der Waals surface area contributed by atoms with E-state index in [-0.39, 0.29) is 17.9 Å². The van der Waals surface area contributed by atoms with E-state index in [0.29, 0.717) is 5.56 Å². The number of nitrogens with one attached hydrogen (secondary N) is 1. The molecule has 3 atom stereocenters. The molecule has 4 nitrogen and oxygen atoms in total. The highest BCUT2D eigenvalue weighted by Gasteiger charge is 2.41. The van der Waals surface area contributed by atoms with Crippen molar-refractivity contribution in [2.75, 3.05) is 12.4 Å². The predicted octanol–water partition coefficient (Wildman–Crippen LogP) is 4.53. The van der Waals surface area contributed by atoms with E-state index >= 15 is 0 Å². The topological polar surface area (TPSA) is 58.6 Å². The molecule has 0 aromatic heterocycles. The fraction of sp³-hybridized carbons (Fsp3) is 0.286. The van der Waals surface area contributed by atoms with Crippen LogP contribution in [-0.4, -0.2) is 18.2 Å². The maximum Gasteiger partial charge on any atom is 0.336 e. The standard InChI is InChI=1S/C21H21NO3/c1-12-10-11-16(21(23)24)18-13-7-5-8-14(13)20(22-19(12)18)15-6-3-4-9-17(15)25-2/h3-7,9-11,13-14,20,22H,8H2,1-2H3,(H,23,24)/t13-,14+,20-/m1/s1. The number of carbonyl (C=O) groups is 1. The molecule has 0 saturated heterocycles. The van der Waals surface area contributed by atoms with E-state index in [1.165, 1.54) is 0 Å². The molecule has 4 heteroatoms. The Balaban J connectivity index is 1.89. The minimum Gasteiger partial charge on any atom is -0.496 e. The van der Waals surface area contributed by atoms with Crippen molar-refractivity contribution < 1.29 is 14.6 Å². The van der Waals surface area contributed by atoms with Crippen molar-refractivity contribution in [3.63, 3.8) is 0 Å². The van der Waals surface area contributed by atoms with Crippen LogP contribution in [0.4, 0.5) is 5.69 Å². The van der Waals surface area contributed by atoms with Crippen LogP contribution in [0.2, 0.25) is 0 Å². The molecule has 0 amide bonds. The average molecular weight is 335 g/mol. The van der Waals surface area contributed by atoms with Crippen molar-refractivity contribution in [2.24, 2.45) is 5.92 Å². The van der Waals surface area contributed by atoms with E-state index in [0.717, 1.165) is 34.5 Å². The number of allylic oxidation sites excluding steroid dienone is 2. The number of ether oxygens (including phenoxy) is 1. The Morgan fingerprint density at radius 3 is 2.80 bits per heavy atom. The molecular weight excluding hydrogens is 314 g/mol. The van der Waals surface area contributed by atoms with Crippen LogP contribution in [0.5, 0.6) is 5.75 Å². The first-order valence-corrected chi connectivity index (χ1v) is 8.54. The summed E-state index contributed by atoms with van der Waals surface area (Å²) >= 11 is 0. The van der Waals surface area contributed by atoms with Crippen molar-refractivity contribution in [1.82, 2.24) is 0 Å². The van der Waals surface area contributed by atoms with Crippen molar-refractivity contribution in [1.29, 1.82) is 0 Å². The van der Waals surface area contributed by atoms with Crippen LogP contribution in [0.1, 0.15) is 45.4 Å². The molecule has 0 radical (unpaired) electrons. The fourth-order valence-corrected chi connectivity index (χ4v) is 4.27. The molecule has 0 bridgehead atoms. The van der Waals surface area contributed by atoms with Gasteiger partial charge in [-0.2, -0.15) is 0 Å². The summed E-state index contributed by atoms with van der Waals surface area (Å²) in [6.07, 6.45) is 5.26. The highest BCUT2D eigenvalue weighted by Crippen LogP contribution is 2.52. The summed E-state index contributed by atoms with van der Waals surface area (Å²) in [6.45, 7) is 2.02. The molecular formula is C21H21NO3. The molecule has 0 fully saturated rings. The van der Waals surface area contributed by atoms with Gasteiger partial charge in [0.1, 0.15) is 5.75 Å². The first-order chi connectivity index (χ1) is 12.1. The van der Waals surface area contributed by atoms with Crippen molar-refractivity contribution in [3.8, 4) is 5.75 Å². The molecule has 0 spiro atoms. The summed E-state index contributed by atoms with van der Waals surface area (Å²) in [5, 5.41) is 13.3. The van der Waals surface area contributed by atoms with Crippen molar-refractivity contribution >= 4 is 11.7 Å². The van der Waals surface area contributed by atoms with Gasteiger partial charge in [-0.1, -0.05) is 36.4 Å². The van der Waals surface area contributed by atoms with Crippen molar-refractivity contribution in [2.45, 2.75) is 25.3 Å². The molecule has 1 aliphatic carbocycles. The van der Waals surface area contributed by atoms with E-state index in [9.17, 15) is 9.90 Å². The number of hydrogen-bond donors (Lipinski definition) is 2. The monoisotopic (exact) mass is 335 g/mol. The van der Waals surface area contributed by atoms with Crippen LogP contribution in [0, 0.1) is 12.8 Å². The van der Waals surface area contributed by atoms with Crippen LogP contribution >= 0.6 is 0 Å². The number of carboxylic acid groups (broad SMARTS) is 1. The van der Waals surface area contributed by atoms with E-state index in [1.807, 2.05) is 31.2 Å². The highest BCUT2D eigenvalue weighted by atomic mass is 16.5. The zero-order valence-electron chi connectivity index (χ0n) is 14.3. The molecule has 128 valence electrons. The van der Waals surface area contributed by atoms with Crippen LogP contribution in [0.25, 0.3) is 0 Å². The van der Waals surface area contributed by atoms with E-state index in [1.54, 1.807) is 13.2 Å². The SMILES string of the molecule is COc1ccccc1[C@@H]1Nc2c(C)ccc(C(=O)O)c2[C@@H]2C=CC[C@@H]21. The van der Waals surface area contributed by atoms with Crippen molar-refractivity contribution in [3.05, 3.63) is 70.8 Å². The summed E-state index contributed by atoms with van der Waals surface area (Å²) in [4.78, 5) is 11.8. The number of methoxy groups -OCH3 is 1. The lowest BCUT2D eigenvalue weighted by Crippen LogP contribution is -2.31. The Morgan fingerprint density at radius 2 is 2.04 bits per heavy atom. The van der Waals surface area contributed by atoms with Gasteiger partial charge in [-0.25, -0.2) is 4.79 Å². The zero-order chi connectivity index (χ0) is 17.6. The maximum atomic E-state index is 11.8. The smallest absolute Gasteiger partial charge is 0.336 e. The summed E-state index contributed by atoms with van der Waals surface area (Å²) < 4.78 is 5.57. The summed E-state index contributed by atoms with van der Waals surface area (Å²) in [5.74, 6) is 0.384. The van der Waals surface area contributed by atoms with Gasteiger partial charge >= 0.3 is 5.97 Å². The minimum absolute atomic E-state index is 0.0893. The number of rotatable bonds is 3. The molecule has 2 aromatic rings. The largest absolute Gasteiger partial charge is 0.496 e. The summed E-state index contributed by atoms with van der Waals surface area (Å²) in [7, 11) is 1.69. The molecule has 0 saturated carbocycles. The molecule has 2 aliphatic rings. The molecule has 1 heterocycles. The van der Waals surface area contributed by atoms with Crippen LogP contribution in [0.15, 0.2) is 48.6 Å².